The summed E-state index contributed by atoms with van der Waals surface area (Å²) >= 11 is 3.36. The largest absolute Gasteiger partial charge is 0.495 e. The van der Waals surface area contributed by atoms with Gasteiger partial charge >= 0.3 is 5.97 Å². The first-order valence-electron chi connectivity index (χ1n) is 4.77. The first kappa shape index (κ1) is 13.0. The molecule has 0 amide bonds. The van der Waals surface area contributed by atoms with Crippen molar-refractivity contribution < 1.29 is 14.6 Å². The van der Waals surface area contributed by atoms with Gasteiger partial charge in [0, 0.05) is 6.04 Å². The van der Waals surface area contributed by atoms with Gasteiger partial charge in [-0.15, -0.1) is 0 Å². The molecule has 0 aliphatic heterocycles. The number of hydrogen-bond acceptors (Lipinski definition) is 3. The van der Waals surface area contributed by atoms with E-state index in [1.54, 1.807) is 13.2 Å². The molecule has 3 N–H and O–H groups in total. The number of benzene rings is 1. The van der Waals surface area contributed by atoms with Crippen LogP contribution in [0.25, 0.3) is 0 Å². The maximum Gasteiger partial charge on any atom is 0.305 e. The Hall–Kier alpha value is -1.07. The Morgan fingerprint density at radius 2 is 2.25 bits per heavy atom. The second kappa shape index (κ2) is 5.32. The number of hydrogen-bond donors (Lipinski definition) is 2. The molecule has 0 fully saturated rings. The van der Waals surface area contributed by atoms with Gasteiger partial charge in [-0.25, -0.2) is 0 Å². The van der Waals surface area contributed by atoms with Crippen LogP contribution in [0.15, 0.2) is 16.6 Å². The highest BCUT2D eigenvalue weighted by Gasteiger charge is 2.14. The molecule has 0 radical (unpaired) electrons. The normalized spacial score (nSPS) is 12.2. The summed E-state index contributed by atoms with van der Waals surface area (Å²) in [6.07, 6.45) is -0.0851. The quantitative estimate of drug-likeness (QED) is 0.891. The lowest BCUT2D eigenvalue weighted by molar-refractivity contribution is -0.137. The minimum atomic E-state index is -0.905. The van der Waals surface area contributed by atoms with E-state index in [0.717, 1.165) is 21.3 Å². The van der Waals surface area contributed by atoms with Crippen molar-refractivity contribution in [1.29, 1.82) is 0 Å². The molecular weight excluding hydrogens is 274 g/mol. The fourth-order valence-electron chi connectivity index (χ4n) is 1.54. The average Bonchev–Trinajstić information content (AvgIpc) is 2.16. The van der Waals surface area contributed by atoms with Crippen LogP contribution >= 0.6 is 15.9 Å². The number of methoxy groups -OCH3 is 1. The molecule has 5 heteroatoms. The third-order valence-corrected chi connectivity index (χ3v) is 2.87. The number of aliphatic carboxylic acids is 1. The SMILES string of the molecule is COc1c(C)cc(C(N)CC(=O)O)cc1Br. The molecule has 16 heavy (non-hydrogen) atoms. The predicted molar refractivity (Wildman–Crippen MR) is 64.6 cm³/mol. The lowest BCUT2D eigenvalue weighted by Gasteiger charge is -2.14. The third-order valence-electron chi connectivity index (χ3n) is 2.28. The van der Waals surface area contributed by atoms with Crippen molar-refractivity contribution in [2.75, 3.05) is 7.11 Å². The Labute approximate surface area is 103 Å². The first-order valence-corrected chi connectivity index (χ1v) is 5.56. The number of ether oxygens (including phenoxy) is 1. The van der Waals surface area contributed by atoms with Gasteiger partial charge < -0.3 is 15.6 Å². The second-order valence-electron chi connectivity index (χ2n) is 3.56. The second-order valence-corrected chi connectivity index (χ2v) is 4.41. The van der Waals surface area contributed by atoms with E-state index < -0.39 is 12.0 Å². The summed E-state index contributed by atoms with van der Waals surface area (Å²) in [5.41, 5.74) is 7.49. The van der Waals surface area contributed by atoms with Crippen LogP contribution in [-0.2, 0) is 4.79 Å². The van der Waals surface area contributed by atoms with Crippen molar-refractivity contribution in [2.45, 2.75) is 19.4 Å². The zero-order valence-electron chi connectivity index (χ0n) is 9.16. The van der Waals surface area contributed by atoms with Crippen LogP contribution in [0.2, 0.25) is 0 Å². The molecule has 4 nitrogen and oxygen atoms in total. The maximum atomic E-state index is 10.6. The summed E-state index contributed by atoms with van der Waals surface area (Å²) in [5.74, 6) is -0.164. The minimum absolute atomic E-state index is 0.0851. The van der Waals surface area contributed by atoms with Gasteiger partial charge in [-0.05, 0) is 40.0 Å². The van der Waals surface area contributed by atoms with Crippen molar-refractivity contribution >= 4 is 21.9 Å². The average molecular weight is 288 g/mol. The highest BCUT2D eigenvalue weighted by Crippen LogP contribution is 2.32. The smallest absolute Gasteiger partial charge is 0.305 e. The molecule has 1 atom stereocenters. The summed E-state index contributed by atoms with van der Waals surface area (Å²) in [5, 5.41) is 8.67. The number of rotatable bonds is 4. The van der Waals surface area contributed by atoms with E-state index in [9.17, 15) is 4.79 Å². The highest BCUT2D eigenvalue weighted by atomic mass is 79.9. The number of nitrogens with two attached hydrogens (primary N) is 1. The zero-order valence-corrected chi connectivity index (χ0v) is 10.7. The van der Waals surface area contributed by atoms with Crippen molar-refractivity contribution in [3.8, 4) is 5.75 Å². The van der Waals surface area contributed by atoms with E-state index >= 15 is 0 Å². The van der Waals surface area contributed by atoms with Gasteiger partial charge in [-0.1, -0.05) is 6.07 Å². The van der Waals surface area contributed by atoms with Crippen LogP contribution in [0.5, 0.6) is 5.75 Å². The van der Waals surface area contributed by atoms with E-state index in [-0.39, 0.29) is 6.42 Å². The number of carboxylic acids is 1. The lowest BCUT2D eigenvalue weighted by atomic mass is 10.0. The maximum absolute atomic E-state index is 10.6. The van der Waals surface area contributed by atoms with Crippen molar-refractivity contribution in [3.63, 3.8) is 0 Å². The summed E-state index contributed by atoms with van der Waals surface area (Å²) in [6, 6.07) is 3.13. The monoisotopic (exact) mass is 287 g/mol. The Morgan fingerprint density at radius 3 is 2.69 bits per heavy atom. The number of aryl methyl sites for hydroxylation is 1. The molecule has 0 saturated carbocycles. The number of carboxylic acid groups (broad SMARTS) is 1. The van der Waals surface area contributed by atoms with Gasteiger partial charge in [-0.3, -0.25) is 4.79 Å². The predicted octanol–water partition coefficient (Wildman–Crippen LogP) is 2.24. The van der Waals surface area contributed by atoms with Crippen molar-refractivity contribution in [3.05, 3.63) is 27.7 Å². The molecule has 0 heterocycles. The van der Waals surface area contributed by atoms with Gasteiger partial charge in [0.1, 0.15) is 5.75 Å². The van der Waals surface area contributed by atoms with Crippen LogP contribution in [0, 0.1) is 6.92 Å². The number of carbonyl (C=O) groups is 1. The zero-order chi connectivity index (χ0) is 12.3. The highest BCUT2D eigenvalue weighted by molar-refractivity contribution is 9.10. The van der Waals surface area contributed by atoms with Crippen molar-refractivity contribution in [1.82, 2.24) is 0 Å². The molecule has 0 spiro atoms. The molecule has 1 aromatic rings. The molecule has 0 aliphatic carbocycles. The van der Waals surface area contributed by atoms with Gasteiger partial charge in [0.05, 0.1) is 18.0 Å². The van der Waals surface area contributed by atoms with E-state index in [0.29, 0.717) is 0 Å². The Balaban J connectivity index is 3.03. The molecule has 0 aliphatic rings. The summed E-state index contributed by atoms with van der Waals surface area (Å²) in [4.78, 5) is 10.6. The minimum Gasteiger partial charge on any atom is -0.495 e. The molecule has 1 aromatic carbocycles. The summed E-state index contributed by atoms with van der Waals surface area (Å²) < 4.78 is 5.97. The van der Waals surface area contributed by atoms with Crippen LogP contribution in [0.3, 0.4) is 0 Å². The molecule has 0 bridgehead atoms. The Bertz CT molecular complexity index is 383. The van der Waals surface area contributed by atoms with Gasteiger partial charge in [0.25, 0.3) is 0 Å². The standard InChI is InChI=1S/C11H14BrNO3/c1-6-3-7(9(13)5-10(14)15)4-8(12)11(6)16-2/h3-4,9H,5,13H2,1-2H3,(H,14,15). The first-order chi connectivity index (χ1) is 7.45. The van der Waals surface area contributed by atoms with Crippen molar-refractivity contribution in [2.24, 2.45) is 5.73 Å². The third kappa shape index (κ3) is 2.96. The Kier molecular flexibility index (Phi) is 4.32. The Morgan fingerprint density at radius 1 is 1.62 bits per heavy atom. The van der Waals surface area contributed by atoms with Gasteiger partial charge in [0.15, 0.2) is 0 Å². The fraction of sp³-hybridized carbons (Fsp3) is 0.364. The van der Waals surface area contributed by atoms with E-state index in [1.807, 2.05) is 13.0 Å². The summed E-state index contributed by atoms with van der Waals surface area (Å²) in [7, 11) is 1.59. The molecule has 0 saturated heterocycles. The van der Waals surface area contributed by atoms with E-state index in [4.69, 9.17) is 15.6 Å². The van der Waals surface area contributed by atoms with Crippen LogP contribution in [0.1, 0.15) is 23.6 Å². The molecular formula is C11H14BrNO3. The van der Waals surface area contributed by atoms with Crippen LogP contribution < -0.4 is 10.5 Å². The van der Waals surface area contributed by atoms with Crippen LogP contribution in [-0.4, -0.2) is 18.2 Å². The topological polar surface area (TPSA) is 72.5 Å². The van der Waals surface area contributed by atoms with E-state index in [2.05, 4.69) is 15.9 Å². The molecule has 1 unspecified atom stereocenters. The van der Waals surface area contributed by atoms with E-state index in [1.165, 1.54) is 0 Å². The van der Waals surface area contributed by atoms with Gasteiger partial charge in [-0.2, -0.15) is 0 Å². The molecule has 1 rings (SSSR count). The lowest BCUT2D eigenvalue weighted by Crippen LogP contribution is -2.15. The molecule has 0 aromatic heterocycles. The number of halogens is 1. The summed E-state index contributed by atoms with van der Waals surface area (Å²) in [6.45, 7) is 1.89. The van der Waals surface area contributed by atoms with Crippen LogP contribution in [0.4, 0.5) is 0 Å². The van der Waals surface area contributed by atoms with Gasteiger partial charge in [0.2, 0.25) is 0 Å². The molecule has 88 valence electrons. The fourth-order valence-corrected chi connectivity index (χ4v) is 2.27.